The summed E-state index contributed by atoms with van der Waals surface area (Å²) in [5.41, 5.74) is 0. The molecule has 108 valence electrons. The van der Waals surface area contributed by atoms with Crippen molar-refractivity contribution in [2.45, 2.75) is 44.9 Å². The first-order valence-electron chi connectivity index (χ1n) is 8.40. The molecule has 1 aliphatic heterocycles. The van der Waals surface area contributed by atoms with E-state index in [4.69, 9.17) is 5.26 Å². The Morgan fingerprint density at radius 2 is 1.75 bits per heavy atom. The molecule has 5 fully saturated rings. The van der Waals surface area contributed by atoms with Crippen LogP contribution in [0.5, 0.6) is 0 Å². The lowest BCUT2D eigenvalue weighted by molar-refractivity contribution is -0.128. The zero-order valence-electron chi connectivity index (χ0n) is 12.1. The third-order valence-corrected chi connectivity index (χ3v) is 6.55. The van der Waals surface area contributed by atoms with Crippen LogP contribution in [-0.2, 0) is 4.79 Å². The fourth-order valence-corrected chi connectivity index (χ4v) is 5.89. The molecule has 3 nitrogen and oxygen atoms in total. The second-order valence-corrected chi connectivity index (χ2v) is 7.75. The van der Waals surface area contributed by atoms with Crippen molar-refractivity contribution in [1.82, 2.24) is 4.90 Å². The topological polar surface area (TPSA) is 44.1 Å². The summed E-state index contributed by atoms with van der Waals surface area (Å²) in [6, 6.07) is 2.25. The van der Waals surface area contributed by atoms with Crippen molar-refractivity contribution < 1.29 is 4.79 Å². The number of likely N-dealkylation sites (tertiary alicyclic amines) is 1. The minimum Gasteiger partial charge on any atom is -0.341 e. The smallest absolute Gasteiger partial charge is 0.224 e. The molecule has 0 spiro atoms. The lowest BCUT2D eigenvalue weighted by atomic mass is 9.51. The predicted molar refractivity (Wildman–Crippen MR) is 75.5 cm³/mol. The number of amides is 1. The Labute approximate surface area is 121 Å². The zero-order valence-corrected chi connectivity index (χ0v) is 12.1. The van der Waals surface area contributed by atoms with E-state index in [0.29, 0.717) is 13.0 Å². The Morgan fingerprint density at radius 3 is 2.30 bits per heavy atom. The summed E-state index contributed by atoms with van der Waals surface area (Å²) in [4.78, 5) is 13.9. The average Bonchev–Trinajstić information content (AvgIpc) is 2.78. The maximum atomic E-state index is 11.9. The van der Waals surface area contributed by atoms with Crippen molar-refractivity contribution in [3.8, 4) is 6.07 Å². The van der Waals surface area contributed by atoms with Gasteiger partial charge in [-0.15, -0.1) is 0 Å². The van der Waals surface area contributed by atoms with Crippen molar-refractivity contribution in [1.29, 1.82) is 5.26 Å². The third-order valence-electron chi connectivity index (χ3n) is 6.55. The highest BCUT2D eigenvalue weighted by Gasteiger charge is 2.48. The minimum absolute atomic E-state index is 0.0546. The molecule has 3 heteroatoms. The molecule has 1 atom stereocenters. The Bertz CT molecular complexity index is 424. The summed E-state index contributed by atoms with van der Waals surface area (Å²) < 4.78 is 0. The average molecular weight is 272 g/mol. The lowest BCUT2D eigenvalue weighted by Crippen LogP contribution is -2.46. The normalized spacial score (nSPS) is 46.0. The van der Waals surface area contributed by atoms with E-state index in [0.717, 1.165) is 36.1 Å². The van der Waals surface area contributed by atoms with Gasteiger partial charge in [0.05, 0.1) is 12.0 Å². The van der Waals surface area contributed by atoms with E-state index in [1.807, 2.05) is 4.90 Å². The molecule has 1 amide bonds. The molecule has 4 saturated carbocycles. The van der Waals surface area contributed by atoms with Gasteiger partial charge in [0.2, 0.25) is 5.91 Å². The number of hydrogen-bond donors (Lipinski definition) is 0. The molecule has 0 N–H and O–H groups in total. The van der Waals surface area contributed by atoms with Gasteiger partial charge >= 0.3 is 0 Å². The van der Waals surface area contributed by atoms with Crippen LogP contribution in [0.25, 0.3) is 0 Å². The monoisotopic (exact) mass is 272 g/mol. The standard InChI is InChI=1S/C17H24N2O/c18-9-13-8-17(20)19(10-13)2-1-16-14-4-11-3-12(6-14)7-15(16)5-11/h11-16H,1-8,10H2. The summed E-state index contributed by atoms with van der Waals surface area (Å²) in [7, 11) is 0. The van der Waals surface area contributed by atoms with Crippen LogP contribution in [0.2, 0.25) is 0 Å². The van der Waals surface area contributed by atoms with Crippen molar-refractivity contribution in [3.63, 3.8) is 0 Å². The molecule has 1 unspecified atom stereocenters. The number of carbonyl (C=O) groups excluding carboxylic acids is 1. The van der Waals surface area contributed by atoms with Crippen LogP contribution >= 0.6 is 0 Å². The Balaban J connectivity index is 1.36. The summed E-state index contributed by atoms with van der Waals surface area (Å²) in [5.74, 6) is 5.00. The van der Waals surface area contributed by atoms with Crippen LogP contribution in [-0.4, -0.2) is 23.9 Å². The van der Waals surface area contributed by atoms with Crippen LogP contribution in [0, 0.1) is 46.8 Å². The Hall–Kier alpha value is -1.04. The number of carbonyl (C=O) groups is 1. The molecule has 0 radical (unpaired) electrons. The van der Waals surface area contributed by atoms with E-state index in [2.05, 4.69) is 6.07 Å². The first-order chi connectivity index (χ1) is 9.72. The summed E-state index contributed by atoms with van der Waals surface area (Å²) in [5, 5.41) is 8.95. The highest BCUT2D eigenvalue weighted by molar-refractivity contribution is 5.79. The Morgan fingerprint density at radius 1 is 1.10 bits per heavy atom. The molecule has 4 aliphatic carbocycles. The van der Waals surface area contributed by atoms with Gasteiger partial charge in [-0.25, -0.2) is 0 Å². The third kappa shape index (κ3) is 2.05. The number of hydrogen-bond acceptors (Lipinski definition) is 2. The van der Waals surface area contributed by atoms with Gasteiger partial charge in [0.25, 0.3) is 0 Å². The van der Waals surface area contributed by atoms with Gasteiger partial charge in [0, 0.05) is 19.5 Å². The molecule has 5 rings (SSSR count). The predicted octanol–water partition coefficient (Wildman–Crippen LogP) is 2.82. The van der Waals surface area contributed by atoms with Crippen molar-refractivity contribution in [2.75, 3.05) is 13.1 Å². The van der Waals surface area contributed by atoms with Crippen molar-refractivity contribution >= 4 is 5.91 Å². The lowest BCUT2D eigenvalue weighted by Gasteiger charge is -2.54. The molecular formula is C17H24N2O. The van der Waals surface area contributed by atoms with Gasteiger partial charge < -0.3 is 4.90 Å². The molecule has 4 bridgehead atoms. The fraction of sp³-hybridized carbons (Fsp3) is 0.882. The summed E-state index contributed by atoms with van der Waals surface area (Å²) in [6.07, 6.45) is 9.02. The highest BCUT2D eigenvalue weighted by Crippen LogP contribution is 2.57. The van der Waals surface area contributed by atoms with Crippen LogP contribution in [0.3, 0.4) is 0 Å². The van der Waals surface area contributed by atoms with Gasteiger partial charge in [-0.2, -0.15) is 5.26 Å². The largest absolute Gasteiger partial charge is 0.341 e. The van der Waals surface area contributed by atoms with Gasteiger partial charge in [0.15, 0.2) is 0 Å². The second kappa shape index (κ2) is 4.76. The van der Waals surface area contributed by atoms with E-state index in [1.54, 1.807) is 0 Å². The van der Waals surface area contributed by atoms with E-state index < -0.39 is 0 Å². The minimum atomic E-state index is -0.0546. The fourth-order valence-electron chi connectivity index (χ4n) is 5.89. The molecule has 0 aromatic heterocycles. The Kier molecular flexibility index (Phi) is 3.02. The van der Waals surface area contributed by atoms with Gasteiger partial charge in [-0.1, -0.05) is 0 Å². The van der Waals surface area contributed by atoms with Crippen molar-refractivity contribution in [3.05, 3.63) is 0 Å². The van der Waals surface area contributed by atoms with Gasteiger partial charge in [0.1, 0.15) is 0 Å². The SMILES string of the molecule is N#CC1CC(=O)N(CCC2C3CC4CC(C3)CC2C4)C1. The zero-order chi connectivity index (χ0) is 13.7. The molecule has 5 aliphatic rings. The first-order valence-corrected chi connectivity index (χ1v) is 8.40. The maximum absolute atomic E-state index is 11.9. The molecule has 1 saturated heterocycles. The van der Waals surface area contributed by atoms with Crippen LogP contribution in [0.15, 0.2) is 0 Å². The molecule has 1 heterocycles. The first kappa shape index (κ1) is 12.7. The van der Waals surface area contributed by atoms with Crippen molar-refractivity contribution in [2.24, 2.45) is 35.5 Å². The molecule has 0 aromatic carbocycles. The van der Waals surface area contributed by atoms with E-state index >= 15 is 0 Å². The van der Waals surface area contributed by atoms with Gasteiger partial charge in [-0.05, 0) is 68.1 Å². The van der Waals surface area contributed by atoms with E-state index in [-0.39, 0.29) is 11.8 Å². The number of rotatable bonds is 3. The maximum Gasteiger partial charge on any atom is 0.224 e. The number of nitriles is 1. The van der Waals surface area contributed by atoms with Gasteiger partial charge in [-0.3, -0.25) is 4.79 Å². The van der Waals surface area contributed by atoms with Crippen LogP contribution in [0.4, 0.5) is 0 Å². The number of nitrogens with zero attached hydrogens (tertiary/aromatic N) is 2. The molecule has 20 heavy (non-hydrogen) atoms. The summed E-state index contributed by atoms with van der Waals surface area (Å²) in [6.45, 7) is 1.59. The quantitative estimate of drug-likeness (QED) is 0.793. The highest BCUT2D eigenvalue weighted by atomic mass is 16.2. The van der Waals surface area contributed by atoms with E-state index in [1.165, 1.54) is 38.5 Å². The van der Waals surface area contributed by atoms with Crippen LogP contribution < -0.4 is 0 Å². The van der Waals surface area contributed by atoms with E-state index in [9.17, 15) is 4.79 Å². The second-order valence-electron chi connectivity index (χ2n) is 7.75. The molecular weight excluding hydrogens is 248 g/mol. The molecule has 0 aromatic rings. The summed E-state index contributed by atoms with van der Waals surface area (Å²) >= 11 is 0. The van der Waals surface area contributed by atoms with Crippen LogP contribution in [0.1, 0.15) is 44.9 Å².